The lowest BCUT2D eigenvalue weighted by molar-refractivity contribution is -0.141. The van der Waals surface area contributed by atoms with E-state index in [2.05, 4.69) is 24.5 Å². The van der Waals surface area contributed by atoms with Crippen molar-refractivity contribution in [3.63, 3.8) is 0 Å². The summed E-state index contributed by atoms with van der Waals surface area (Å²) in [6, 6.07) is -1.73. The second-order valence-electron chi connectivity index (χ2n) is 5.64. The number of aliphatic hydroxyl groups excluding tert-OH is 1. The van der Waals surface area contributed by atoms with Crippen molar-refractivity contribution in [3.05, 3.63) is 0 Å². The lowest BCUT2D eigenvalue weighted by atomic mass is 9.79. The first-order valence-electron chi connectivity index (χ1n) is 6.79. The molecule has 0 bridgehead atoms. The maximum absolute atomic E-state index is 11.7. The van der Waals surface area contributed by atoms with Crippen LogP contribution in [0, 0.1) is 11.8 Å². The molecule has 1 rings (SSSR count). The Morgan fingerprint density at radius 3 is 2.32 bits per heavy atom. The van der Waals surface area contributed by atoms with E-state index in [0.717, 1.165) is 19.3 Å². The van der Waals surface area contributed by atoms with E-state index in [4.69, 9.17) is 5.11 Å². The van der Waals surface area contributed by atoms with Crippen molar-refractivity contribution < 1.29 is 19.8 Å². The van der Waals surface area contributed by atoms with Crippen LogP contribution < -0.4 is 10.6 Å². The first-order valence-corrected chi connectivity index (χ1v) is 6.79. The Kier molecular flexibility index (Phi) is 5.60. The minimum absolute atomic E-state index is 0.0784. The Bertz CT molecular complexity index is 333. The standard InChI is InChI=1S/C13H24N2O4/c1-7-4-5-10(6-8(7)2)14-13(19)15-11(9(3)16)12(17)18/h7-11,16H,4-6H2,1-3H3,(H,17,18)(H2,14,15,19). The Morgan fingerprint density at radius 1 is 1.21 bits per heavy atom. The number of carbonyl (C=O) groups excluding carboxylic acids is 1. The van der Waals surface area contributed by atoms with Gasteiger partial charge in [0.15, 0.2) is 6.04 Å². The van der Waals surface area contributed by atoms with Gasteiger partial charge in [0.2, 0.25) is 0 Å². The van der Waals surface area contributed by atoms with Gasteiger partial charge in [0.1, 0.15) is 0 Å². The summed E-state index contributed by atoms with van der Waals surface area (Å²) >= 11 is 0. The van der Waals surface area contributed by atoms with E-state index in [1.165, 1.54) is 6.92 Å². The highest BCUT2D eigenvalue weighted by molar-refractivity contribution is 5.83. The normalized spacial score (nSPS) is 30.2. The molecule has 0 saturated heterocycles. The van der Waals surface area contributed by atoms with E-state index in [9.17, 15) is 14.7 Å². The number of carboxylic acid groups (broad SMARTS) is 1. The van der Waals surface area contributed by atoms with Crippen molar-refractivity contribution in [2.45, 2.75) is 58.2 Å². The molecule has 1 aliphatic rings. The number of aliphatic carboxylic acids is 1. The lowest BCUT2D eigenvalue weighted by Gasteiger charge is -2.32. The molecule has 0 radical (unpaired) electrons. The van der Waals surface area contributed by atoms with Gasteiger partial charge in [-0.15, -0.1) is 0 Å². The van der Waals surface area contributed by atoms with Gasteiger partial charge in [0.25, 0.3) is 0 Å². The number of hydrogen-bond acceptors (Lipinski definition) is 3. The number of hydrogen-bond donors (Lipinski definition) is 4. The molecular formula is C13H24N2O4. The SMILES string of the molecule is CC(O)C(NC(=O)NC1CCC(C)C(C)C1)C(=O)O. The summed E-state index contributed by atoms with van der Waals surface area (Å²) in [6.45, 7) is 5.70. The third kappa shape index (κ3) is 4.70. The largest absolute Gasteiger partial charge is 0.480 e. The quantitative estimate of drug-likeness (QED) is 0.612. The molecule has 19 heavy (non-hydrogen) atoms. The number of urea groups is 1. The number of amides is 2. The molecule has 110 valence electrons. The van der Waals surface area contributed by atoms with Crippen LogP contribution in [0.3, 0.4) is 0 Å². The van der Waals surface area contributed by atoms with Gasteiger partial charge in [-0.2, -0.15) is 0 Å². The van der Waals surface area contributed by atoms with E-state index in [0.29, 0.717) is 11.8 Å². The van der Waals surface area contributed by atoms with Gasteiger partial charge in [-0.25, -0.2) is 9.59 Å². The van der Waals surface area contributed by atoms with Gasteiger partial charge in [-0.05, 0) is 38.0 Å². The number of carbonyl (C=O) groups is 2. The maximum Gasteiger partial charge on any atom is 0.328 e. The molecule has 6 heteroatoms. The molecular weight excluding hydrogens is 248 g/mol. The van der Waals surface area contributed by atoms with Crippen LogP contribution in [0.25, 0.3) is 0 Å². The summed E-state index contributed by atoms with van der Waals surface area (Å²) in [7, 11) is 0. The smallest absolute Gasteiger partial charge is 0.328 e. The summed E-state index contributed by atoms with van der Waals surface area (Å²) in [5.41, 5.74) is 0. The highest BCUT2D eigenvalue weighted by Crippen LogP contribution is 2.29. The Labute approximate surface area is 113 Å². The van der Waals surface area contributed by atoms with E-state index in [1.807, 2.05) is 0 Å². The van der Waals surface area contributed by atoms with Crippen LogP contribution in [0.4, 0.5) is 4.79 Å². The Balaban J connectivity index is 2.44. The Morgan fingerprint density at radius 2 is 1.84 bits per heavy atom. The van der Waals surface area contributed by atoms with Crippen LogP contribution in [0.15, 0.2) is 0 Å². The monoisotopic (exact) mass is 272 g/mol. The zero-order valence-corrected chi connectivity index (χ0v) is 11.7. The molecule has 1 aliphatic carbocycles. The van der Waals surface area contributed by atoms with E-state index in [1.54, 1.807) is 0 Å². The van der Waals surface area contributed by atoms with Crippen LogP contribution in [0.1, 0.15) is 40.0 Å². The zero-order valence-electron chi connectivity index (χ0n) is 11.7. The molecule has 2 amide bonds. The molecule has 6 nitrogen and oxygen atoms in total. The van der Waals surface area contributed by atoms with Crippen LogP contribution in [0.2, 0.25) is 0 Å². The predicted molar refractivity (Wildman–Crippen MR) is 70.7 cm³/mol. The summed E-state index contributed by atoms with van der Waals surface area (Å²) in [5, 5.41) is 23.2. The van der Waals surface area contributed by atoms with Gasteiger partial charge in [0.05, 0.1) is 6.10 Å². The minimum atomic E-state index is -1.28. The molecule has 5 atom stereocenters. The average molecular weight is 272 g/mol. The zero-order chi connectivity index (χ0) is 14.6. The van der Waals surface area contributed by atoms with E-state index >= 15 is 0 Å². The highest BCUT2D eigenvalue weighted by Gasteiger charge is 2.28. The molecule has 0 aromatic rings. The molecule has 0 heterocycles. The van der Waals surface area contributed by atoms with Gasteiger partial charge in [0, 0.05) is 6.04 Å². The number of aliphatic hydroxyl groups is 1. The van der Waals surface area contributed by atoms with Crippen LogP contribution >= 0.6 is 0 Å². The van der Waals surface area contributed by atoms with Crippen LogP contribution in [-0.4, -0.2) is 40.4 Å². The summed E-state index contributed by atoms with van der Waals surface area (Å²) < 4.78 is 0. The maximum atomic E-state index is 11.7. The first kappa shape index (κ1) is 15.8. The van der Waals surface area contributed by atoms with Gasteiger partial charge in [-0.1, -0.05) is 13.8 Å². The molecule has 0 spiro atoms. The van der Waals surface area contributed by atoms with Gasteiger partial charge < -0.3 is 20.8 Å². The number of rotatable bonds is 4. The van der Waals surface area contributed by atoms with Crippen molar-refractivity contribution in [2.24, 2.45) is 11.8 Å². The van der Waals surface area contributed by atoms with E-state index < -0.39 is 24.1 Å². The molecule has 1 fully saturated rings. The van der Waals surface area contributed by atoms with Crippen molar-refractivity contribution in [2.75, 3.05) is 0 Å². The van der Waals surface area contributed by atoms with Crippen molar-refractivity contribution in [1.29, 1.82) is 0 Å². The summed E-state index contributed by atoms with van der Waals surface area (Å²) in [6.07, 6.45) is 1.74. The number of nitrogens with one attached hydrogen (secondary N) is 2. The molecule has 0 aliphatic heterocycles. The topological polar surface area (TPSA) is 98.7 Å². The van der Waals surface area contributed by atoms with Crippen molar-refractivity contribution in [3.8, 4) is 0 Å². The fourth-order valence-corrected chi connectivity index (χ4v) is 2.44. The van der Waals surface area contributed by atoms with Gasteiger partial charge in [-0.3, -0.25) is 0 Å². The molecule has 0 aromatic heterocycles. The fraction of sp³-hybridized carbons (Fsp3) is 0.846. The Hall–Kier alpha value is -1.30. The third-order valence-corrected chi connectivity index (χ3v) is 3.97. The second kappa shape index (κ2) is 6.75. The van der Waals surface area contributed by atoms with Gasteiger partial charge >= 0.3 is 12.0 Å². The second-order valence-corrected chi connectivity index (χ2v) is 5.64. The summed E-state index contributed by atoms with van der Waals surface area (Å²) in [5.74, 6) is -0.0350. The van der Waals surface area contributed by atoms with E-state index in [-0.39, 0.29) is 6.04 Å². The molecule has 4 N–H and O–H groups in total. The average Bonchev–Trinajstić information content (AvgIpc) is 2.30. The molecule has 0 aromatic carbocycles. The summed E-state index contributed by atoms with van der Waals surface area (Å²) in [4.78, 5) is 22.6. The fourth-order valence-electron chi connectivity index (χ4n) is 2.44. The first-order chi connectivity index (χ1) is 8.81. The van der Waals surface area contributed by atoms with Crippen molar-refractivity contribution in [1.82, 2.24) is 10.6 Å². The van der Waals surface area contributed by atoms with Crippen LogP contribution in [0.5, 0.6) is 0 Å². The molecule has 1 saturated carbocycles. The number of carboxylic acids is 1. The third-order valence-electron chi connectivity index (χ3n) is 3.97. The minimum Gasteiger partial charge on any atom is -0.480 e. The van der Waals surface area contributed by atoms with Crippen molar-refractivity contribution >= 4 is 12.0 Å². The van der Waals surface area contributed by atoms with Crippen LogP contribution in [-0.2, 0) is 4.79 Å². The highest BCUT2D eigenvalue weighted by atomic mass is 16.4. The lowest BCUT2D eigenvalue weighted by Crippen LogP contribution is -2.53. The molecule has 5 unspecified atom stereocenters. The predicted octanol–water partition coefficient (Wildman–Crippen LogP) is 0.944.